The van der Waals surface area contributed by atoms with Crippen LogP contribution >= 0.6 is 0 Å². The van der Waals surface area contributed by atoms with E-state index in [1.54, 1.807) is 0 Å². The average Bonchev–Trinajstić information content (AvgIpc) is 2.94. The molecule has 2 rings (SSSR count). The smallest absolute Gasteiger partial charge is 0.315 e. The molecule has 0 unspecified atom stereocenters. The number of carbonyl (C=O) groups is 1. The van der Waals surface area contributed by atoms with Gasteiger partial charge in [-0.2, -0.15) is 0 Å². The summed E-state index contributed by atoms with van der Waals surface area (Å²) in [5.74, 6) is 0.192. The zero-order valence-corrected chi connectivity index (χ0v) is 13.1. The first-order valence-corrected chi connectivity index (χ1v) is 8.29. The number of nitrogens with zero attached hydrogens (tertiary/aromatic N) is 1. The van der Waals surface area contributed by atoms with E-state index >= 15 is 0 Å². The molecule has 2 aliphatic rings. The second-order valence-corrected chi connectivity index (χ2v) is 6.26. The van der Waals surface area contributed by atoms with Crippen molar-refractivity contribution in [1.29, 1.82) is 0 Å². The molecule has 120 valence electrons. The molecular weight excluding hydrogens is 266 g/mol. The number of rotatable bonds is 6. The number of hydrogen-bond donors (Lipinski definition) is 3. The van der Waals surface area contributed by atoms with Crippen LogP contribution in [-0.4, -0.2) is 54.4 Å². The molecule has 1 aliphatic heterocycles. The fourth-order valence-corrected chi connectivity index (χ4v) is 3.10. The van der Waals surface area contributed by atoms with Crippen LogP contribution in [-0.2, 0) is 0 Å². The number of aliphatic hydroxyl groups is 1. The average molecular weight is 295 g/mol. The first kappa shape index (κ1) is 16.3. The molecule has 5 nitrogen and oxygen atoms in total. The van der Waals surface area contributed by atoms with Gasteiger partial charge in [0.2, 0.25) is 0 Å². The lowest BCUT2D eigenvalue weighted by Gasteiger charge is -2.32. The zero-order chi connectivity index (χ0) is 15.1. The van der Waals surface area contributed by atoms with Gasteiger partial charge in [0, 0.05) is 37.7 Å². The Labute approximate surface area is 127 Å². The topological polar surface area (TPSA) is 64.6 Å². The van der Waals surface area contributed by atoms with Gasteiger partial charge in [0.15, 0.2) is 0 Å². The van der Waals surface area contributed by atoms with Gasteiger partial charge in [-0.05, 0) is 32.2 Å². The first-order valence-electron chi connectivity index (χ1n) is 8.29. The van der Waals surface area contributed by atoms with Crippen molar-refractivity contribution < 1.29 is 9.90 Å². The van der Waals surface area contributed by atoms with E-state index in [1.165, 1.54) is 19.4 Å². The van der Waals surface area contributed by atoms with Crippen LogP contribution in [0.4, 0.5) is 4.79 Å². The number of urea groups is 1. The number of hydrogen-bond acceptors (Lipinski definition) is 3. The summed E-state index contributed by atoms with van der Waals surface area (Å²) >= 11 is 0. The van der Waals surface area contributed by atoms with E-state index in [0.717, 1.165) is 32.4 Å². The van der Waals surface area contributed by atoms with E-state index in [0.29, 0.717) is 6.04 Å². The minimum absolute atomic E-state index is 0.0618. The lowest BCUT2D eigenvalue weighted by atomic mass is 10.0. The van der Waals surface area contributed by atoms with Gasteiger partial charge in [0.25, 0.3) is 0 Å². The standard InChI is InChI=1S/C16H29N3O2/c1-2-3-8-19-9-6-14(7-10-19)17-16(21)18-15-5-4-13(11-15)12-20/h4-5,13-15,20H,2-3,6-12H2,1H3,(H2,17,18,21)/t13-,15+/m0/s1. The fraction of sp³-hybridized carbons (Fsp3) is 0.812. The van der Waals surface area contributed by atoms with Crippen LogP contribution < -0.4 is 10.6 Å². The normalized spacial score (nSPS) is 27.0. The molecule has 21 heavy (non-hydrogen) atoms. The molecule has 0 aromatic rings. The number of carbonyl (C=O) groups excluding carboxylic acids is 1. The van der Waals surface area contributed by atoms with Crippen LogP contribution in [0, 0.1) is 5.92 Å². The van der Waals surface area contributed by atoms with Gasteiger partial charge in [-0.25, -0.2) is 4.79 Å². The Morgan fingerprint density at radius 3 is 2.67 bits per heavy atom. The summed E-state index contributed by atoms with van der Waals surface area (Å²) in [6.45, 7) is 5.73. The highest BCUT2D eigenvalue weighted by molar-refractivity contribution is 5.74. The number of nitrogens with one attached hydrogen (secondary N) is 2. The molecule has 0 radical (unpaired) electrons. The summed E-state index contributed by atoms with van der Waals surface area (Å²) in [6, 6.07) is 0.281. The van der Waals surface area contributed by atoms with Crippen LogP contribution in [0.2, 0.25) is 0 Å². The third kappa shape index (κ3) is 5.32. The van der Waals surface area contributed by atoms with E-state index in [4.69, 9.17) is 5.11 Å². The van der Waals surface area contributed by atoms with Gasteiger partial charge in [-0.3, -0.25) is 0 Å². The van der Waals surface area contributed by atoms with Crippen molar-refractivity contribution in [3.63, 3.8) is 0 Å². The van der Waals surface area contributed by atoms with Crippen molar-refractivity contribution >= 4 is 6.03 Å². The van der Waals surface area contributed by atoms with E-state index in [2.05, 4.69) is 22.5 Å². The van der Waals surface area contributed by atoms with E-state index in [9.17, 15) is 4.79 Å². The van der Waals surface area contributed by atoms with Crippen LogP contribution in [0.25, 0.3) is 0 Å². The van der Waals surface area contributed by atoms with Crippen molar-refractivity contribution in [2.45, 2.75) is 51.1 Å². The lowest BCUT2D eigenvalue weighted by Crippen LogP contribution is -2.49. The predicted octanol–water partition coefficient (Wildman–Crippen LogP) is 1.49. The molecule has 0 bridgehead atoms. The Morgan fingerprint density at radius 2 is 2.05 bits per heavy atom. The quantitative estimate of drug-likeness (QED) is 0.651. The molecule has 1 aliphatic carbocycles. The second-order valence-electron chi connectivity index (χ2n) is 6.26. The maximum absolute atomic E-state index is 12.0. The van der Waals surface area contributed by atoms with Crippen molar-refractivity contribution in [2.24, 2.45) is 5.92 Å². The Hall–Kier alpha value is -1.07. The van der Waals surface area contributed by atoms with Crippen molar-refractivity contribution in [2.75, 3.05) is 26.2 Å². The number of likely N-dealkylation sites (tertiary alicyclic amines) is 1. The van der Waals surface area contributed by atoms with Gasteiger partial charge >= 0.3 is 6.03 Å². The maximum atomic E-state index is 12.0. The van der Waals surface area contributed by atoms with Gasteiger partial charge in [0.05, 0.1) is 0 Å². The van der Waals surface area contributed by atoms with Crippen LogP contribution in [0.5, 0.6) is 0 Å². The molecule has 0 saturated carbocycles. The first-order chi connectivity index (χ1) is 10.2. The summed E-state index contributed by atoms with van der Waals surface area (Å²) in [4.78, 5) is 14.5. The highest BCUT2D eigenvalue weighted by Gasteiger charge is 2.23. The second kappa shape index (κ2) is 8.39. The Balaban J connectivity index is 1.62. The third-order valence-electron chi connectivity index (χ3n) is 4.47. The lowest BCUT2D eigenvalue weighted by molar-refractivity contribution is 0.189. The third-order valence-corrected chi connectivity index (χ3v) is 4.47. The molecule has 5 heteroatoms. The number of unbranched alkanes of at least 4 members (excludes halogenated alkanes) is 1. The number of piperidine rings is 1. The van der Waals surface area contributed by atoms with Crippen molar-refractivity contribution in [3.05, 3.63) is 12.2 Å². The zero-order valence-electron chi connectivity index (χ0n) is 13.1. The highest BCUT2D eigenvalue weighted by Crippen LogP contribution is 2.17. The molecule has 2 atom stereocenters. The van der Waals surface area contributed by atoms with Gasteiger partial charge in [-0.15, -0.1) is 0 Å². The Bertz CT molecular complexity index is 351. The molecule has 1 fully saturated rings. The molecule has 0 spiro atoms. The number of aliphatic hydroxyl groups excluding tert-OH is 1. The summed E-state index contributed by atoms with van der Waals surface area (Å²) in [5.41, 5.74) is 0. The molecular formula is C16H29N3O2. The fourth-order valence-electron chi connectivity index (χ4n) is 3.10. The van der Waals surface area contributed by atoms with Gasteiger partial charge in [0.1, 0.15) is 0 Å². The van der Waals surface area contributed by atoms with Crippen LogP contribution in [0.1, 0.15) is 39.0 Å². The summed E-state index contributed by atoms with van der Waals surface area (Å²) in [5, 5.41) is 15.1. The SMILES string of the molecule is CCCCN1CCC(NC(=O)N[C@@H]2C=C[C@H](CO)C2)CC1. The van der Waals surface area contributed by atoms with Gasteiger partial charge in [-0.1, -0.05) is 25.5 Å². The van der Waals surface area contributed by atoms with Crippen molar-refractivity contribution in [1.82, 2.24) is 15.5 Å². The molecule has 2 amide bonds. The molecule has 0 aromatic heterocycles. The summed E-state index contributed by atoms with van der Waals surface area (Å²) < 4.78 is 0. The summed E-state index contributed by atoms with van der Waals surface area (Å²) in [6.07, 6.45) is 9.35. The minimum atomic E-state index is -0.0738. The Kier molecular flexibility index (Phi) is 6.51. The minimum Gasteiger partial charge on any atom is -0.396 e. The Morgan fingerprint density at radius 1 is 1.29 bits per heavy atom. The van der Waals surface area contributed by atoms with Crippen LogP contribution in [0.15, 0.2) is 12.2 Å². The van der Waals surface area contributed by atoms with Crippen LogP contribution in [0.3, 0.4) is 0 Å². The largest absolute Gasteiger partial charge is 0.396 e. The molecule has 1 saturated heterocycles. The molecule has 1 heterocycles. The maximum Gasteiger partial charge on any atom is 0.315 e. The van der Waals surface area contributed by atoms with E-state index in [-0.39, 0.29) is 24.6 Å². The molecule has 0 aromatic carbocycles. The highest BCUT2D eigenvalue weighted by atomic mass is 16.3. The summed E-state index contributed by atoms with van der Waals surface area (Å²) in [7, 11) is 0. The number of amides is 2. The van der Waals surface area contributed by atoms with E-state index in [1.807, 2.05) is 12.2 Å². The molecule has 3 N–H and O–H groups in total. The van der Waals surface area contributed by atoms with Gasteiger partial charge < -0.3 is 20.6 Å². The predicted molar refractivity (Wildman–Crippen MR) is 84.2 cm³/mol. The van der Waals surface area contributed by atoms with E-state index < -0.39 is 0 Å². The van der Waals surface area contributed by atoms with Crippen molar-refractivity contribution in [3.8, 4) is 0 Å². The monoisotopic (exact) mass is 295 g/mol.